The molecule has 0 saturated carbocycles. The number of carbonyl (C=O) groups is 1. The average molecular weight is 356 g/mol. The zero-order valence-corrected chi connectivity index (χ0v) is 13.1. The van der Waals surface area contributed by atoms with Crippen molar-refractivity contribution in [3.63, 3.8) is 0 Å². The molecule has 0 saturated heterocycles. The van der Waals surface area contributed by atoms with Crippen LogP contribution in [0.15, 0.2) is 53.4 Å². The van der Waals surface area contributed by atoms with Crippen molar-refractivity contribution >= 4 is 15.9 Å². The van der Waals surface area contributed by atoms with Crippen molar-refractivity contribution < 1.29 is 26.8 Å². The van der Waals surface area contributed by atoms with E-state index in [1.165, 1.54) is 24.3 Å². The van der Waals surface area contributed by atoms with Gasteiger partial charge in [0, 0.05) is 6.54 Å². The number of halogens is 2. The predicted molar refractivity (Wildman–Crippen MR) is 80.9 cm³/mol. The van der Waals surface area contributed by atoms with Crippen LogP contribution in [-0.4, -0.2) is 20.9 Å². The SMILES string of the molecule is O=C(CONS(=O)(=O)c1ccc(F)cc1)NCc1ccc(F)cc1. The Morgan fingerprint density at radius 2 is 1.50 bits per heavy atom. The molecule has 0 spiro atoms. The largest absolute Gasteiger partial charge is 0.350 e. The van der Waals surface area contributed by atoms with Crippen LogP contribution in [0.2, 0.25) is 0 Å². The molecule has 0 aliphatic rings. The lowest BCUT2D eigenvalue weighted by Crippen LogP contribution is -2.32. The van der Waals surface area contributed by atoms with Crippen LogP contribution in [-0.2, 0) is 26.2 Å². The second-order valence-corrected chi connectivity index (χ2v) is 6.38. The Labute approximate surface area is 137 Å². The fraction of sp³-hybridized carbons (Fsp3) is 0.133. The number of hydrogen-bond donors (Lipinski definition) is 2. The molecule has 0 aliphatic carbocycles. The van der Waals surface area contributed by atoms with Crippen molar-refractivity contribution in [2.75, 3.05) is 6.61 Å². The van der Waals surface area contributed by atoms with Gasteiger partial charge in [0.15, 0.2) is 0 Å². The second-order valence-electron chi connectivity index (χ2n) is 4.73. The van der Waals surface area contributed by atoms with E-state index in [9.17, 15) is 22.0 Å². The third kappa shape index (κ3) is 5.37. The summed E-state index contributed by atoms with van der Waals surface area (Å²) in [6.45, 7) is -0.408. The smallest absolute Gasteiger partial charge is 0.262 e. The van der Waals surface area contributed by atoms with E-state index in [2.05, 4.69) is 10.2 Å². The monoisotopic (exact) mass is 356 g/mol. The zero-order valence-electron chi connectivity index (χ0n) is 12.3. The highest BCUT2D eigenvalue weighted by atomic mass is 32.2. The molecule has 0 fully saturated rings. The lowest BCUT2D eigenvalue weighted by molar-refractivity contribution is -0.126. The molecular formula is C15H14F2N2O4S. The first-order valence-corrected chi connectivity index (χ1v) is 8.25. The normalized spacial score (nSPS) is 11.2. The van der Waals surface area contributed by atoms with Crippen molar-refractivity contribution in [2.24, 2.45) is 0 Å². The number of sulfonamides is 1. The van der Waals surface area contributed by atoms with Gasteiger partial charge >= 0.3 is 0 Å². The number of hydrogen-bond acceptors (Lipinski definition) is 4. The molecule has 2 N–H and O–H groups in total. The van der Waals surface area contributed by atoms with Crippen molar-refractivity contribution in [3.05, 3.63) is 65.7 Å². The molecule has 2 aromatic rings. The third-order valence-electron chi connectivity index (χ3n) is 2.90. The minimum Gasteiger partial charge on any atom is -0.350 e. The van der Waals surface area contributed by atoms with Gasteiger partial charge in [-0.1, -0.05) is 17.0 Å². The Balaban J connectivity index is 1.77. The summed E-state index contributed by atoms with van der Waals surface area (Å²) in [4.78, 5) is 17.8. The minimum absolute atomic E-state index is 0.146. The van der Waals surface area contributed by atoms with Crippen LogP contribution in [0, 0.1) is 11.6 Å². The van der Waals surface area contributed by atoms with Crippen LogP contribution >= 0.6 is 0 Å². The Morgan fingerprint density at radius 3 is 2.08 bits per heavy atom. The van der Waals surface area contributed by atoms with Gasteiger partial charge in [-0.3, -0.25) is 9.63 Å². The molecule has 24 heavy (non-hydrogen) atoms. The maximum Gasteiger partial charge on any atom is 0.262 e. The van der Waals surface area contributed by atoms with Crippen molar-refractivity contribution in [3.8, 4) is 0 Å². The number of amides is 1. The lowest BCUT2D eigenvalue weighted by Gasteiger charge is -2.08. The molecule has 2 rings (SSSR count). The number of rotatable bonds is 7. The molecule has 9 heteroatoms. The predicted octanol–water partition coefficient (Wildman–Crippen LogP) is 1.49. The molecule has 1 amide bonds. The summed E-state index contributed by atoms with van der Waals surface area (Å²) in [5.41, 5.74) is 0.677. The van der Waals surface area contributed by atoms with Gasteiger partial charge < -0.3 is 5.32 Å². The summed E-state index contributed by atoms with van der Waals surface area (Å²) >= 11 is 0. The molecule has 0 atom stereocenters. The van der Waals surface area contributed by atoms with Gasteiger partial charge in [-0.15, -0.1) is 0 Å². The maximum atomic E-state index is 12.8. The van der Waals surface area contributed by atoms with Gasteiger partial charge in [0.05, 0.1) is 4.90 Å². The number of benzene rings is 2. The molecule has 0 bridgehead atoms. The third-order valence-corrected chi connectivity index (χ3v) is 4.13. The number of nitrogens with one attached hydrogen (secondary N) is 2. The van der Waals surface area contributed by atoms with Crippen LogP contribution in [0.3, 0.4) is 0 Å². The molecule has 0 radical (unpaired) electrons. The summed E-state index contributed by atoms with van der Waals surface area (Å²) in [5.74, 6) is -1.53. The van der Waals surface area contributed by atoms with E-state index in [0.717, 1.165) is 24.3 Å². The average Bonchev–Trinajstić information content (AvgIpc) is 2.54. The molecular weight excluding hydrogens is 342 g/mol. The second kappa shape index (κ2) is 7.95. The van der Waals surface area contributed by atoms with Crippen LogP contribution in [0.1, 0.15) is 5.56 Å². The van der Waals surface area contributed by atoms with E-state index in [1.54, 1.807) is 4.89 Å². The fourth-order valence-electron chi connectivity index (χ4n) is 1.69. The molecule has 0 aromatic heterocycles. The van der Waals surface area contributed by atoms with Crippen LogP contribution in [0.4, 0.5) is 8.78 Å². The highest BCUT2D eigenvalue weighted by molar-refractivity contribution is 7.89. The first-order valence-electron chi connectivity index (χ1n) is 6.77. The Bertz CT molecular complexity index is 793. The van der Waals surface area contributed by atoms with E-state index in [-0.39, 0.29) is 17.3 Å². The van der Waals surface area contributed by atoms with E-state index in [4.69, 9.17) is 0 Å². The summed E-state index contributed by atoms with van der Waals surface area (Å²) in [6, 6.07) is 9.64. The standard InChI is InChI=1S/C15H14F2N2O4S/c16-12-3-1-11(2-4-12)9-18-15(20)10-23-19-24(21,22)14-7-5-13(17)6-8-14/h1-8,19H,9-10H2,(H,18,20). The van der Waals surface area contributed by atoms with Gasteiger partial charge in [0.25, 0.3) is 10.0 Å². The highest BCUT2D eigenvalue weighted by Gasteiger charge is 2.14. The molecule has 0 heterocycles. The van der Waals surface area contributed by atoms with Gasteiger partial charge in [-0.2, -0.15) is 0 Å². The van der Waals surface area contributed by atoms with E-state index < -0.39 is 28.4 Å². The first-order chi connectivity index (χ1) is 11.4. The summed E-state index contributed by atoms with van der Waals surface area (Å²) in [6.07, 6.45) is 0. The van der Waals surface area contributed by atoms with E-state index >= 15 is 0 Å². The quantitative estimate of drug-likeness (QED) is 0.736. The minimum atomic E-state index is -4.01. The molecule has 0 aliphatic heterocycles. The van der Waals surface area contributed by atoms with Crippen molar-refractivity contribution in [2.45, 2.75) is 11.4 Å². The van der Waals surface area contributed by atoms with Gasteiger partial charge in [-0.05, 0) is 42.0 Å². The Hall–Kier alpha value is -2.36. The van der Waals surface area contributed by atoms with Gasteiger partial charge in [0.1, 0.15) is 18.2 Å². The summed E-state index contributed by atoms with van der Waals surface area (Å²) in [5, 5.41) is 2.48. The summed E-state index contributed by atoms with van der Waals surface area (Å²) < 4.78 is 49.1. The van der Waals surface area contributed by atoms with E-state index in [0.29, 0.717) is 5.56 Å². The Kier molecular flexibility index (Phi) is 5.96. The van der Waals surface area contributed by atoms with Gasteiger partial charge in [-0.25, -0.2) is 17.2 Å². The number of carbonyl (C=O) groups excluding carboxylic acids is 1. The van der Waals surface area contributed by atoms with Crippen molar-refractivity contribution in [1.82, 2.24) is 10.2 Å². The first kappa shape index (κ1) is 18.0. The van der Waals surface area contributed by atoms with Crippen molar-refractivity contribution in [1.29, 1.82) is 0 Å². The molecule has 128 valence electrons. The zero-order chi connectivity index (χ0) is 17.6. The topological polar surface area (TPSA) is 84.5 Å². The Morgan fingerprint density at radius 1 is 0.958 bits per heavy atom. The summed E-state index contributed by atoms with van der Waals surface area (Å²) in [7, 11) is -4.01. The van der Waals surface area contributed by atoms with Gasteiger partial charge in [0.2, 0.25) is 5.91 Å². The molecule has 6 nitrogen and oxygen atoms in total. The highest BCUT2D eigenvalue weighted by Crippen LogP contribution is 2.09. The maximum absolute atomic E-state index is 12.8. The molecule has 2 aromatic carbocycles. The lowest BCUT2D eigenvalue weighted by atomic mass is 10.2. The molecule has 0 unspecified atom stereocenters. The van der Waals surface area contributed by atoms with Crippen LogP contribution in [0.5, 0.6) is 0 Å². The van der Waals surface area contributed by atoms with Crippen LogP contribution in [0.25, 0.3) is 0 Å². The van der Waals surface area contributed by atoms with E-state index in [1.807, 2.05) is 0 Å². The fourth-order valence-corrected chi connectivity index (χ4v) is 2.49. The van der Waals surface area contributed by atoms with Crippen LogP contribution < -0.4 is 10.2 Å².